The number of benzene rings is 1. The van der Waals surface area contributed by atoms with Crippen molar-refractivity contribution >= 4 is 45.9 Å². The molecule has 0 radical (unpaired) electrons. The highest BCUT2D eigenvalue weighted by molar-refractivity contribution is 14.1. The van der Waals surface area contributed by atoms with Crippen LogP contribution in [0.25, 0.3) is 0 Å². The fourth-order valence-corrected chi connectivity index (χ4v) is 2.31. The Hall–Kier alpha value is -1.12. The number of hydrogen-bond acceptors (Lipinski definition) is 5. The maximum Gasteiger partial charge on any atom is 0.343 e. The fourth-order valence-electron chi connectivity index (χ4n) is 1.61. The molecular formula is C16H20ClIN2O3. The minimum absolute atomic E-state index is 0.0845. The van der Waals surface area contributed by atoms with E-state index in [0.717, 1.165) is 16.4 Å². The third-order valence-electron chi connectivity index (χ3n) is 2.84. The number of rotatable bonds is 8. The van der Waals surface area contributed by atoms with Crippen molar-refractivity contribution in [3.63, 3.8) is 0 Å². The maximum absolute atomic E-state index is 12.7. The number of hydrazine groups is 1. The van der Waals surface area contributed by atoms with E-state index in [1.807, 2.05) is 6.92 Å². The quantitative estimate of drug-likeness (QED) is 0.0961. The zero-order chi connectivity index (χ0) is 17.4. The van der Waals surface area contributed by atoms with Crippen LogP contribution >= 0.6 is 34.2 Å². The molecule has 0 atom stereocenters. The van der Waals surface area contributed by atoms with Gasteiger partial charge < -0.3 is 10.2 Å². The largest absolute Gasteiger partial charge is 0.462 e. The molecule has 0 aromatic heterocycles. The van der Waals surface area contributed by atoms with E-state index in [2.05, 4.69) is 28.0 Å². The van der Waals surface area contributed by atoms with E-state index in [-0.39, 0.29) is 17.7 Å². The summed E-state index contributed by atoms with van der Waals surface area (Å²) in [6, 6.07) is 5.07. The van der Waals surface area contributed by atoms with E-state index in [0.29, 0.717) is 5.02 Å². The van der Waals surface area contributed by atoms with Crippen molar-refractivity contribution in [3.8, 4) is 0 Å². The van der Waals surface area contributed by atoms with Crippen molar-refractivity contribution in [1.29, 1.82) is 0 Å². The molecule has 5 nitrogen and oxygen atoms in total. The van der Waals surface area contributed by atoms with Crippen LogP contribution in [0.3, 0.4) is 0 Å². The maximum atomic E-state index is 12.7. The third kappa shape index (κ3) is 6.48. The molecule has 1 aromatic carbocycles. The molecule has 0 aliphatic carbocycles. The highest BCUT2D eigenvalue weighted by Gasteiger charge is 2.23. The molecule has 0 saturated carbocycles. The summed E-state index contributed by atoms with van der Waals surface area (Å²) >= 11 is 8.18. The first-order valence-corrected chi connectivity index (χ1v) is 8.63. The van der Waals surface area contributed by atoms with E-state index >= 15 is 0 Å². The summed E-state index contributed by atoms with van der Waals surface area (Å²) in [5.74, 6) is -1.13. The molecule has 23 heavy (non-hydrogen) atoms. The second-order valence-electron chi connectivity index (χ2n) is 5.02. The summed E-state index contributed by atoms with van der Waals surface area (Å²) in [6.07, 6.45) is 2.99. The van der Waals surface area contributed by atoms with Gasteiger partial charge in [0, 0.05) is 29.4 Å². The number of carbonyl (C=O) groups is 2. The van der Waals surface area contributed by atoms with Gasteiger partial charge >= 0.3 is 5.97 Å². The SMILES string of the molecule is CCCCOC(=O)/C(=C\NN(C)C)C(=O)c1cc(I)ccc1Cl. The van der Waals surface area contributed by atoms with Gasteiger partial charge in [0.25, 0.3) is 0 Å². The molecule has 1 aromatic rings. The average molecular weight is 451 g/mol. The summed E-state index contributed by atoms with van der Waals surface area (Å²) in [4.78, 5) is 24.9. The minimum atomic E-state index is -0.660. The summed E-state index contributed by atoms with van der Waals surface area (Å²) in [6.45, 7) is 2.27. The summed E-state index contributed by atoms with van der Waals surface area (Å²) in [5, 5.41) is 1.91. The number of nitrogens with one attached hydrogen (secondary N) is 1. The van der Waals surface area contributed by atoms with Gasteiger partial charge in [-0.15, -0.1) is 0 Å². The van der Waals surface area contributed by atoms with E-state index in [4.69, 9.17) is 16.3 Å². The molecule has 0 unspecified atom stereocenters. The van der Waals surface area contributed by atoms with E-state index in [1.165, 1.54) is 6.20 Å². The zero-order valence-electron chi connectivity index (χ0n) is 13.4. The van der Waals surface area contributed by atoms with Gasteiger partial charge in [0.1, 0.15) is 5.57 Å². The van der Waals surface area contributed by atoms with Gasteiger partial charge in [-0.1, -0.05) is 24.9 Å². The molecule has 0 amide bonds. The lowest BCUT2D eigenvalue weighted by atomic mass is 10.0. The van der Waals surface area contributed by atoms with Gasteiger partial charge in [0.05, 0.1) is 11.6 Å². The second-order valence-corrected chi connectivity index (χ2v) is 6.68. The van der Waals surface area contributed by atoms with Crippen LogP contribution in [0.1, 0.15) is 30.1 Å². The zero-order valence-corrected chi connectivity index (χ0v) is 16.3. The van der Waals surface area contributed by atoms with Crippen LogP contribution in [0.2, 0.25) is 5.02 Å². The monoisotopic (exact) mass is 450 g/mol. The number of ether oxygens (including phenoxy) is 1. The van der Waals surface area contributed by atoms with Crippen LogP contribution in [0.4, 0.5) is 0 Å². The molecule has 0 saturated heterocycles. The molecule has 0 aliphatic rings. The Morgan fingerprint density at radius 3 is 2.70 bits per heavy atom. The van der Waals surface area contributed by atoms with Crippen molar-refractivity contribution in [1.82, 2.24) is 10.4 Å². The Morgan fingerprint density at radius 2 is 2.09 bits per heavy atom. The first kappa shape index (κ1) is 19.9. The Morgan fingerprint density at radius 1 is 1.39 bits per heavy atom. The van der Waals surface area contributed by atoms with Gasteiger partial charge in [0.2, 0.25) is 5.78 Å². The summed E-state index contributed by atoms with van der Waals surface area (Å²) in [7, 11) is 3.50. The lowest BCUT2D eigenvalue weighted by molar-refractivity contribution is -0.138. The highest BCUT2D eigenvalue weighted by Crippen LogP contribution is 2.22. The van der Waals surface area contributed by atoms with Crippen LogP contribution in [0.15, 0.2) is 30.0 Å². The molecule has 7 heteroatoms. The fraction of sp³-hybridized carbons (Fsp3) is 0.375. The molecule has 0 aliphatic heterocycles. The van der Waals surface area contributed by atoms with E-state index in [1.54, 1.807) is 37.3 Å². The number of hydrogen-bond donors (Lipinski definition) is 1. The molecule has 126 valence electrons. The third-order valence-corrected chi connectivity index (χ3v) is 3.84. The molecule has 0 fully saturated rings. The Kier molecular flexibility index (Phi) is 8.57. The number of esters is 1. The summed E-state index contributed by atoms with van der Waals surface area (Å²) < 4.78 is 6.01. The van der Waals surface area contributed by atoms with Gasteiger partial charge in [-0.3, -0.25) is 4.79 Å². The van der Waals surface area contributed by atoms with E-state index in [9.17, 15) is 9.59 Å². The van der Waals surface area contributed by atoms with Crippen LogP contribution in [0, 0.1) is 3.57 Å². The minimum Gasteiger partial charge on any atom is -0.462 e. The smallest absolute Gasteiger partial charge is 0.343 e. The Bertz CT molecular complexity index is 603. The molecule has 1 N–H and O–H groups in total. The van der Waals surface area contributed by atoms with Gasteiger partial charge in [-0.25, -0.2) is 9.80 Å². The van der Waals surface area contributed by atoms with Crippen LogP contribution < -0.4 is 5.43 Å². The molecule has 0 bridgehead atoms. The van der Waals surface area contributed by atoms with Crippen molar-refractivity contribution in [3.05, 3.63) is 44.1 Å². The number of Topliss-reactive ketones (excluding diaryl/α,β-unsaturated/α-hetero) is 1. The Labute approximate surface area is 155 Å². The number of nitrogens with zero attached hydrogens (tertiary/aromatic N) is 1. The number of ketones is 1. The lowest BCUT2D eigenvalue weighted by Gasteiger charge is -2.13. The van der Waals surface area contributed by atoms with Gasteiger partial charge in [0.15, 0.2) is 0 Å². The van der Waals surface area contributed by atoms with Crippen LogP contribution in [0.5, 0.6) is 0 Å². The van der Waals surface area contributed by atoms with E-state index < -0.39 is 11.8 Å². The van der Waals surface area contributed by atoms with Crippen molar-refractivity contribution in [2.24, 2.45) is 0 Å². The predicted molar refractivity (Wildman–Crippen MR) is 99.3 cm³/mol. The predicted octanol–water partition coefficient (Wildman–Crippen LogP) is 3.42. The van der Waals surface area contributed by atoms with Crippen molar-refractivity contribution in [2.75, 3.05) is 20.7 Å². The van der Waals surface area contributed by atoms with Gasteiger partial charge in [-0.2, -0.15) is 0 Å². The first-order chi connectivity index (χ1) is 10.9. The topological polar surface area (TPSA) is 58.6 Å². The number of unbranched alkanes of at least 4 members (excludes halogenated alkanes) is 1. The van der Waals surface area contributed by atoms with Crippen molar-refractivity contribution in [2.45, 2.75) is 19.8 Å². The first-order valence-electron chi connectivity index (χ1n) is 7.17. The standard InChI is InChI=1S/C16H20ClIN2O3/c1-4-5-8-23-16(22)13(10-19-20(2)3)15(21)12-9-11(18)6-7-14(12)17/h6-7,9-10,19H,4-5,8H2,1-3H3/b13-10-. The normalized spacial score (nSPS) is 11.5. The average Bonchev–Trinajstić information content (AvgIpc) is 2.49. The van der Waals surface area contributed by atoms with Crippen LogP contribution in [-0.4, -0.2) is 37.5 Å². The van der Waals surface area contributed by atoms with Crippen molar-refractivity contribution < 1.29 is 14.3 Å². The molecule has 0 spiro atoms. The van der Waals surface area contributed by atoms with Crippen LogP contribution in [-0.2, 0) is 9.53 Å². The number of halogens is 2. The molecule has 0 heterocycles. The molecule has 1 rings (SSSR count). The lowest BCUT2D eigenvalue weighted by Crippen LogP contribution is -2.28. The van der Waals surface area contributed by atoms with Gasteiger partial charge in [-0.05, 0) is 47.2 Å². The summed E-state index contributed by atoms with van der Waals surface area (Å²) in [5.41, 5.74) is 3.00. The second kappa shape index (κ2) is 9.89. The number of carbonyl (C=O) groups excluding carboxylic acids is 2. The highest BCUT2D eigenvalue weighted by atomic mass is 127. The molecular weight excluding hydrogens is 431 g/mol. The Balaban J connectivity index is 3.07.